The maximum Gasteiger partial charge on any atom is 0.354 e. The molecule has 0 spiro atoms. The molecule has 4 nitrogen and oxygen atoms in total. The predicted octanol–water partition coefficient (Wildman–Crippen LogP) is 3.57. The molecule has 0 aliphatic rings. The van der Waals surface area contributed by atoms with Gasteiger partial charge in [0.15, 0.2) is 0 Å². The molecule has 1 amide bonds. The lowest BCUT2D eigenvalue weighted by Gasteiger charge is -2.26. The molecule has 0 aromatic heterocycles. The first kappa shape index (κ1) is 17.5. The van der Waals surface area contributed by atoms with Crippen LogP contribution in [-0.4, -0.2) is 19.0 Å². The van der Waals surface area contributed by atoms with Crippen LogP contribution in [0.4, 0.5) is 5.69 Å². The third kappa shape index (κ3) is 3.71. The quantitative estimate of drug-likeness (QED) is 0.624. The van der Waals surface area contributed by atoms with E-state index >= 15 is 0 Å². The van der Waals surface area contributed by atoms with Crippen LogP contribution in [0.15, 0.2) is 60.8 Å². The summed E-state index contributed by atoms with van der Waals surface area (Å²) in [7, 11) is 1.28. The minimum atomic E-state index is -0.626. The van der Waals surface area contributed by atoms with E-state index in [0.717, 1.165) is 16.7 Å². The maximum absolute atomic E-state index is 12.9. The molecule has 0 fully saturated rings. The topological polar surface area (TPSA) is 46.6 Å². The summed E-state index contributed by atoms with van der Waals surface area (Å²) in [5.74, 6) is -0.854. The number of rotatable bonds is 5. The number of carbonyl (C=O) groups excluding carboxylic acids is 2. The molecule has 2 aromatic rings. The van der Waals surface area contributed by atoms with Crippen LogP contribution in [0, 0.1) is 13.8 Å². The second-order valence-corrected chi connectivity index (χ2v) is 5.57. The second kappa shape index (κ2) is 7.59. The summed E-state index contributed by atoms with van der Waals surface area (Å²) < 4.78 is 4.76. The van der Waals surface area contributed by atoms with Crippen LogP contribution in [0.25, 0.3) is 0 Å². The van der Waals surface area contributed by atoms with Gasteiger partial charge in [-0.05, 0) is 30.5 Å². The Kier molecular flexibility index (Phi) is 5.53. The number of anilines is 1. The molecule has 0 N–H and O–H groups in total. The molecule has 0 bridgehead atoms. The summed E-state index contributed by atoms with van der Waals surface area (Å²) in [6.07, 6.45) is 0.171. The number of carbonyl (C=O) groups is 2. The molecule has 2 aromatic carbocycles. The number of benzene rings is 2. The Morgan fingerprint density at radius 2 is 1.58 bits per heavy atom. The van der Waals surface area contributed by atoms with Gasteiger partial charge in [-0.15, -0.1) is 0 Å². The molecule has 0 unspecified atom stereocenters. The highest BCUT2D eigenvalue weighted by Gasteiger charge is 2.26. The molecule has 24 heavy (non-hydrogen) atoms. The van der Waals surface area contributed by atoms with Gasteiger partial charge in [0.25, 0.3) is 0 Å². The van der Waals surface area contributed by atoms with E-state index in [0.29, 0.717) is 5.69 Å². The van der Waals surface area contributed by atoms with Crippen LogP contribution in [0.1, 0.15) is 16.7 Å². The smallest absolute Gasteiger partial charge is 0.354 e. The van der Waals surface area contributed by atoms with Gasteiger partial charge >= 0.3 is 5.97 Å². The number of ether oxygens (including phenoxy) is 1. The van der Waals surface area contributed by atoms with Gasteiger partial charge in [-0.1, -0.05) is 55.1 Å². The van der Waals surface area contributed by atoms with E-state index in [4.69, 9.17) is 4.74 Å². The van der Waals surface area contributed by atoms with E-state index in [1.807, 2.05) is 62.4 Å². The molecule has 0 atom stereocenters. The fourth-order valence-corrected chi connectivity index (χ4v) is 2.63. The number of nitrogens with zero attached hydrogens (tertiary/aromatic N) is 1. The van der Waals surface area contributed by atoms with Gasteiger partial charge in [-0.3, -0.25) is 9.69 Å². The molecule has 4 heteroatoms. The first-order valence-electron chi connectivity index (χ1n) is 7.66. The molecule has 0 radical (unpaired) electrons. The standard InChI is InChI=1S/C20H21NO3/c1-14-9-8-10-15(2)19(14)21(16(3)20(23)24-4)18(22)13-17-11-6-5-7-12-17/h5-12H,3,13H2,1-2,4H3. The Morgan fingerprint density at radius 1 is 1.00 bits per heavy atom. The minimum Gasteiger partial charge on any atom is -0.464 e. The Hall–Kier alpha value is -2.88. The first-order valence-corrected chi connectivity index (χ1v) is 7.66. The third-order valence-electron chi connectivity index (χ3n) is 3.80. The van der Waals surface area contributed by atoms with E-state index in [9.17, 15) is 9.59 Å². The Balaban J connectivity index is 2.45. The van der Waals surface area contributed by atoms with Gasteiger partial charge in [0.05, 0.1) is 19.2 Å². The van der Waals surface area contributed by atoms with E-state index in [2.05, 4.69) is 6.58 Å². The van der Waals surface area contributed by atoms with Crippen LogP contribution >= 0.6 is 0 Å². The third-order valence-corrected chi connectivity index (χ3v) is 3.80. The highest BCUT2D eigenvalue weighted by Crippen LogP contribution is 2.28. The van der Waals surface area contributed by atoms with E-state index in [1.165, 1.54) is 12.0 Å². The fraction of sp³-hybridized carbons (Fsp3) is 0.200. The van der Waals surface area contributed by atoms with Crippen molar-refractivity contribution in [3.05, 3.63) is 77.5 Å². The summed E-state index contributed by atoms with van der Waals surface area (Å²) in [5, 5.41) is 0. The number of hydrogen-bond donors (Lipinski definition) is 0. The van der Waals surface area contributed by atoms with Gasteiger partial charge in [0.2, 0.25) is 5.91 Å². The number of para-hydroxylation sites is 1. The molecule has 0 aliphatic carbocycles. The molecule has 0 aliphatic heterocycles. The normalized spacial score (nSPS) is 10.1. The SMILES string of the molecule is C=C(C(=O)OC)N(C(=O)Cc1ccccc1)c1c(C)cccc1C. The Labute approximate surface area is 142 Å². The predicted molar refractivity (Wildman–Crippen MR) is 94.7 cm³/mol. The van der Waals surface area contributed by atoms with Gasteiger partial charge in [-0.25, -0.2) is 4.79 Å². The van der Waals surface area contributed by atoms with Crippen LogP contribution in [0.5, 0.6) is 0 Å². The van der Waals surface area contributed by atoms with Crippen molar-refractivity contribution in [1.82, 2.24) is 0 Å². The maximum atomic E-state index is 12.9. The zero-order valence-corrected chi connectivity index (χ0v) is 14.2. The van der Waals surface area contributed by atoms with Gasteiger partial charge in [0.1, 0.15) is 5.70 Å². The van der Waals surface area contributed by atoms with E-state index in [-0.39, 0.29) is 18.0 Å². The Bertz CT molecular complexity index is 745. The zero-order valence-electron chi connectivity index (χ0n) is 14.2. The number of methoxy groups -OCH3 is 1. The first-order chi connectivity index (χ1) is 11.5. The number of amides is 1. The molecule has 2 rings (SSSR count). The average Bonchev–Trinajstić information content (AvgIpc) is 2.57. The summed E-state index contributed by atoms with van der Waals surface area (Å²) in [6, 6.07) is 15.1. The molecule has 124 valence electrons. The van der Waals surface area contributed by atoms with Crippen LogP contribution < -0.4 is 4.90 Å². The van der Waals surface area contributed by atoms with E-state index < -0.39 is 5.97 Å². The number of esters is 1. The molecular formula is C20H21NO3. The van der Waals surface area contributed by atoms with Gasteiger partial charge < -0.3 is 4.74 Å². The van der Waals surface area contributed by atoms with Crippen molar-refractivity contribution < 1.29 is 14.3 Å². The van der Waals surface area contributed by atoms with Crippen LogP contribution in [0.2, 0.25) is 0 Å². The van der Waals surface area contributed by atoms with Crippen molar-refractivity contribution in [2.45, 2.75) is 20.3 Å². The van der Waals surface area contributed by atoms with Crippen molar-refractivity contribution in [2.75, 3.05) is 12.0 Å². The second-order valence-electron chi connectivity index (χ2n) is 5.57. The molecule has 0 saturated heterocycles. The van der Waals surface area contributed by atoms with Gasteiger partial charge in [-0.2, -0.15) is 0 Å². The summed E-state index contributed by atoms with van der Waals surface area (Å²) >= 11 is 0. The van der Waals surface area contributed by atoms with Crippen molar-refractivity contribution >= 4 is 17.6 Å². The largest absolute Gasteiger partial charge is 0.464 e. The average molecular weight is 323 g/mol. The van der Waals surface area contributed by atoms with Crippen LogP contribution in [0.3, 0.4) is 0 Å². The summed E-state index contributed by atoms with van der Waals surface area (Å²) in [4.78, 5) is 26.3. The highest BCUT2D eigenvalue weighted by molar-refractivity contribution is 6.07. The van der Waals surface area contributed by atoms with Crippen molar-refractivity contribution in [1.29, 1.82) is 0 Å². The molecule has 0 saturated carbocycles. The molecule has 0 heterocycles. The lowest BCUT2D eigenvalue weighted by atomic mass is 10.1. The number of hydrogen-bond acceptors (Lipinski definition) is 3. The fourth-order valence-electron chi connectivity index (χ4n) is 2.63. The van der Waals surface area contributed by atoms with Crippen molar-refractivity contribution in [3.63, 3.8) is 0 Å². The van der Waals surface area contributed by atoms with Crippen molar-refractivity contribution in [3.8, 4) is 0 Å². The highest BCUT2D eigenvalue weighted by atomic mass is 16.5. The van der Waals surface area contributed by atoms with Gasteiger partial charge in [0, 0.05) is 0 Å². The molecular weight excluding hydrogens is 302 g/mol. The Morgan fingerprint density at radius 3 is 2.12 bits per heavy atom. The van der Waals surface area contributed by atoms with E-state index in [1.54, 1.807) is 0 Å². The number of aryl methyl sites for hydroxylation is 2. The summed E-state index contributed by atoms with van der Waals surface area (Å²) in [6.45, 7) is 7.57. The zero-order chi connectivity index (χ0) is 17.7. The van der Waals surface area contributed by atoms with Crippen LogP contribution in [-0.2, 0) is 20.7 Å². The minimum absolute atomic E-state index is 0.0100. The van der Waals surface area contributed by atoms with Crippen molar-refractivity contribution in [2.24, 2.45) is 0 Å². The lowest BCUT2D eigenvalue weighted by molar-refractivity contribution is -0.137. The lowest BCUT2D eigenvalue weighted by Crippen LogP contribution is -2.36. The monoisotopic (exact) mass is 323 g/mol. The summed E-state index contributed by atoms with van der Waals surface area (Å²) in [5.41, 5.74) is 3.34.